The maximum Gasteiger partial charge on any atom is 0.333 e. The summed E-state index contributed by atoms with van der Waals surface area (Å²) < 4.78 is 0. The van der Waals surface area contributed by atoms with E-state index in [1.165, 1.54) is 0 Å². The van der Waals surface area contributed by atoms with Crippen LogP contribution in [0.4, 0.5) is 0 Å². The molecule has 0 aliphatic heterocycles. The zero-order valence-electron chi connectivity index (χ0n) is 6.69. The van der Waals surface area contributed by atoms with Crippen molar-refractivity contribution in [3.05, 3.63) is 0 Å². The van der Waals surface area contributed by atoms with E-state index in [1.54, 1.807) is 0 Å². The van der Waals surface area contributed by atoms with Gasteiger partial charge in [-0.1, -0.05) is 6.42 Å². The molecule has 0 aromatic heterocycles. The molecule has 4 nitrogen and oxygen atoms in total. The van der Waals surface area contributed by atoms with E-state index < -0.39 is 18.0 Å². The van der Waals surface area contributed by atoms with Gasteiger partial charge in [-0.25, -0.2) is 4.79 Å². The highest BCUT2D eigenvalue weighted by Crippen LogP contribution is 2.23. The smallest absolute Gasteiger partial charge is 0.333 e. The number of carbonyl (C=O) groups is 2. The summed E-state index contributed by atoms with van der Waals surface area (Å²) in [5.41, 5.74) is 0. The summed E-state index contributed by atoms with van der Waals surface area (Å²) in [6.07, 6.45) is 1.07. The Morgan fingerprint density at radius 2 is 2.17 bits per heavy atom. The van der Waals surface area contributed by atoms with E-state index in [-0.39, 0.29) is 5.78 Å². The highest BCUT2D eigenvalue weighted by atomic mass is 16.4. The molecular weight excluding hydrogens is 160 g/mol. The number of aliphatic hydroxyl groups excluding tert-OH is 1. The first kappa shape index (κ1) is 9.19. The number of carboxylic acids is 1. The molecule has 12 heavy (non-hydrogen) atoms. The number of aliphatic carboxylic acids is 1. The lowest BCUT2D eigenvalue weighted by Gasteiger charge is -2.22. The number of carboxylic acid groups (broad SMARTS) is 1. The fourth-order valence-corrected chi connectivity index (χ4v) is 1.52. The fraction of sp³-hybridized carbons (Fsp3) is 0.750. The third-order valence-electron chi connectivity index (χ3n) is 2.24. The monoisotopic (exact) mass is 172 g/mol. The molecule has 1 fully saturated rings. The van der Waals surface area contributed by atoms with Crippen LogP contribution in [0.25, 0.3) is 0 Å². The van der Waals surface area contributed by atoms with Gasteiger partial charge in [0.2, 0.25) is 0 Å². The molecule has 0 heterocycles. The van der Waals surface area contributed by atoms with E-state index >= 15 is 0 Å². The van der Waals surface area contributed by atoms with Crippen molar-refractivity contribution in [1.82, 2.24) is 0 Å². The van der Waals surface area contributed by atoms with Crippen molar-refractivity contribution in [2.45, 2.75) is 31.8 Å². The molecule has 0 saturated heterocycles. The number of Topliss-reactive ketones (excluding diaryl/α,β-unsaturated/α-hetero) is 1. The van der Waals surface area contributed by atoms with Crippen LogP contribution in [0.5, 0.6) is 0 Å². The van der Waals surface area contributed by atoms with Crippen LogP contribution in [-0.4, -0.2) is 28.1 Å². The summed E-state index contributed by atoms with van der Waals surface area (Å²) >= 11 is 0. The molecule has 1 saturated carbocycles. The van der Waals surface area contributed by atoms with E-state index in [2.05, 4.69) is 0 Å². The van der Waals surface area contributed by atoms with Crippen LogP contribution in [0.2, 0.25) is 0 Å². The van der Waals surface area contributed by atoms with Gasteiger partial charge in [0.15, 0.2) is 6.10 Å². The largest absolute Gasteiger partial charge is 0.479 e. The van der Waals surface area contributed by atoms with Crippen LogP contribution < -0.4 is 0 Å². The minimum atomic E-state index is -1.50. The summed E-state index contributed by atoms with van der Waals surface area (Å²) in [4.78, 5) is 21.5. The first-order valence-corrected chi connectivity index (χ1v) is 4.06. The van der Waals surface area contributed by atoms with E-state index in [1.807, 2.05) is 0 Å². The van der Waals surface area contributed by atoms with Crippen molar-refractivity contribution in [2.75, 3.05) is 0 Å². The van der Waals surface area contributed by atoms with Gasteiger partial charge in [0.1, 0.15) is 5.78 Å². The van der Waals surface area contributed by atoms with Gasteiger partial charge in [0.25, 0.3) is 0 Å². The van der Waals surface area contributed by atoms with E-state index in [0.717, 1.165) is 12.8 Å². The third kappa shape index (κ3) is 1.82. The molecule has 0 amide bonds. The predicted molar refractivity (Wildman–Crippen MR) is 40.6 cm³/mol. The predicted octanol–water partition coefficient (Wildman–Crippen LogP) is 0.191. The lowest BCUT2D eigenvalue weighted by atomic mass is 9.84. The van der Waals surface area contributed by atoms with Gasteiger partial charge >= 0.3 is 5.97 Å². The molecule has 0 bridgehead atoms. The van der Waals surface area contributed by atoms with Gasteiger partial charge in [-0.15, -0.1) is 0 Å². The molecular formula is C8H12O4. The molecule has 0 unspecified atom stereocenters. The van der Waals surface area contributed by atoms with Crippen molar-refractivity contribution in [3.63, 3.8) is 0 Å². The summed E-state index contributed by atoms with van der Waals surface area (Å²) in [5.74, 6) is -2.08. The van der Waals surface area contributed by atoms with Crippen LogP contribution in [-0.2, 0) is 9.59 Å². The second kappa shape index (κ2) is 3.67. The minimum Gasteiger partial charge on any atom is -0.479 e. The van der Waals surface area contributed by atoms with Gasteiger partial charge in [-0.05, 0) is 12.8 Å². The Morgan fingerprint density at radius 1 is 1.50 bits per heavy atom. The van der Waals surface area contributed by atoms with Crippen LogP contribution in [0.3, 0.4) is 0 Å². The van der Waals surface area contributed by atoms with Gasteiger partial charge in [-0.3, -0.25) is 4.79 Å². The lowest BCUT2D eigenvalue weighted by molar-refractivity contribution is -0.153. The molecule has 4 heteroatoms. The van der Waals surface area contributed by atoms with Crippen molar-refractivity contribution in [2.24, 2.45) is 5.92 Å². The molecule has 68 valence electrons. The molecule has 0 spiro atoms. The van der Waals surface area contributed by atoms with Crippen molar-refractivity contribution < 1.29 is 19.8 Å². The first-order chi connectivity index (χ1) is 5.63. The number of hydrogen-bond donors (Lipinski definition) is 2. The van der Waals surface area contributed by atoms with Crippen LogP contribution in [0.15, 0.2) is 0 Å². The Labute approximate surface area is 70.2 Å². The van der Waals surface area contributed by atoms with Crippen molar-refractivity contribution in [1.29, 1.82) is 0 Å². The summed E-state index contributed by atoms with van der Waals surface area (Å²) in [6.45, 7) is 0. The normalized spacial score (nSPS) is 26.8. The van der Waals surface area contributed by atoms with Gasteiger partial charge in [0.05, 0.1) is 5.92 Å². The molecule has 2 N–H and O–H groups in total. The third-order valence-corrected chi connectivity index (χ3v) is 2.24. The average Bonchev–Trinajstić information content (AvgIpc) is 2.04. The van der Waals surface area contributed by atoms with E-state index in [9.17, 15) is 9.59 Å². The number of ketones is 1. The zero-order valence-corrected chi connectivity index (χ0v) is 6.69. The molecule has 1 rings (SSSR count). The van der Waals surface area contributed by atoms with Crippen LogP contribution >= 0.6 is 0 Å². The Bertz CT molecular complexity index is 199. The van der Waals surface area contributed by atoms with Crippen molar-refractivity contribution in [3.8, 4) is 0 Å². The van der Waals surface area contributed by atoms with Gasteiger partial charge < -0.3 is 10.2 Å². The van der Waals surface area contributed by atoms with Crippen LogP contribution in [0.1, 0.15) is 25.7 Å². The molecule has 2 atom stereocenters. The summed E-state index contributed by atoms with van der Waals surface area (Å²) in [7, 11) is 0. The molecule has 0 radical (unpaired) electrons. The fourth-order valence-electron chi connectivity index (χ4n) is 1.52. The topological polar surface area (TPSA) is 74.6 Å². The van der Waals surface area contributed by atoms with Crippen LogP contribution in [0, 0.1) is 5.92 Å². The highest BCUT2D eigenvalue weighted by molar-refractivity contribution is 5.87. The number of hydrogen-bond acceptors (Lipinski definition) is 3. The Balaban J connectivity index is 2.59. The quantitative estimate of drug-likeness (QED) is 0.623. The van der Waals surface area contributed by atoms with Crippen molar-refractivity contribution >= 4 is 11.8 Å². The Morgan fingerprint density at radius 3 is 2.67 bits per heavy atom. The average molecular weight is 172 g/mol. The first-order valence-electron chi connectivity index (χ1n) is 4.06. The molecule has 0 aromatic carbocycles. The summed E-state index contributed by atoms with van der Waals surface area (Å²) in [6, 6.07) is 0. The standard InChI is InChI=1S/C8H12O4/c9-6-4-2-1-3-5(6)7(10)8(11)12/h5,7,10H,1-4H2,(H,11,12)/t5-,7-/m1/s1. The molecule has 0 aromatic rings. The SMILES string of the molecule is O=C1CCCC[C@H]1[C@@H](O)C(=O)O. The van der Waals surface area contributed by atoms with Gasteiger partial charge in [-0.2, -0.15) is 0 Å². The van der Waals surface area contributed by atoms with E-state index in [4.69, 9.17) is 10.2 Å². The lowest BCUT2D eigenvalue weighted by Crippen LogP contribution is -2.36. The molecule has 1 aliphatic rings. The number of aliphatic hydroxyl groups is 1. The van der Waals surface area contributed by atoms with E-state index in [0.29, 0.717) is 12.8 Å². The number of carbonyl (C=O) groups excluding carboxylic acids is 1. The highest BCUT2D eigenvalue weighted by Gasteiger charge is 2.33. The second-order valence-electron chi connectivity index (χ2n) is 3.10. The minimum absolute atomic E-state index is 0.115. The maximum atomic E-state index is 11.1. The van der Waals surface area contributed by atoms with Gasteiger partial charge in [0, 0.05) is 6.42 Å². The Hall–Kier alpha value is -0.900. The number of rotatable bonds is 2. The summed E-state index contributed by atoms with van der Waals surface area (Å²) in [5, 5.41) is 17.6. The maximum absolute atomic E-state index is 11.1. The zero-order chi connectivity index (χ0) is 9.14. The molecule has 1 aliphatic carbocycles. The second-order valence-corrected chi connectivity index (χ2v) is 3.10. The Kier molecular flexibility index (Phi) is 2.81.